The molecule has 0 atom stereocenters. The van der Waals surface area contributed by atoms with Gasteiger partial charge in [-0.15, -0.1) is 0 Å². The van der Waals surface area contributed by atoms with Gasteiger partial charge >= 0.3 is 0 Å². The van der Waals surface area contributed by atoms with Crippen LogP contribution in [0.4, 0.5) is 0 Å². The molecule has 0 aromatic rings. The van der Waals surface area contributed by atoms with E-state index in [0.717, 1.165) is 0 Å². The van der Waals surface area contributed by atoms with Crippen molar-refractivity contribution in [3.8, 4) is 0 Å². The summed E-state index contributed by atoms with van der Waals surface area (Å²) in [5.74, 6) is -1.07. The summed E-state index contributed by atoms with van der Waals surface area (Å²) in [6.07, 6.45) is 0. The van der Waals surface area contributed by atoms with Crippen LogP contribution in [0.5, 0.6) is 0 Å². The minimum Gasteiger partial charge on any atom is -0.670 e. The Bertz CT molecular complexity index is 313. The van der Waals surface area contributed by atoms with Gasteiger partial charge < -0.3 is 33.2 Å². The van der Waals surface area contributed by atoms with Gasteiger partial charge in [-0.2, -0.15) is 0 Å². The molecule has 0 aliphatic carbocycles. The molecule has 10 nitrogen and oxygen atoms in total. The van der Waals surface area contributed by atoms with E-state index in [9.17, 15) is 14.4 Å². The van der Waals surface area contributed by atoms with Crippen LogP contribution >= 0.6 is 0 Å². The average molecular weight is 866 g/mol. The number of amides is 3. The van der Waals surface area contributed by atoms with Crippen LogP contribution in [0, 0.1) is 0 Å². The molecular formula is C12H24N7O3W3-3. The monoisotopic (exact) mass is 866 g/mol. The fraction of sp³-hybridized carbons (Fsp3) is 0.750. The fourth-order valence-electron chi connectivity index (χ4n) is 1.58. The SMILES string of the molecule is [NH-]CC(=O)NCCN(CCNC(=O)C[NH-])CCNC(=O)C[NH-].[W].[W].[W]. The van der Waals surface area contributed by atoms with Crippen LogP contribution in [-0.2, 0) is 77.6 Å². The Kier molecular flexibility index (Phi) is 29.5. The first-order chi connectivity index (χ1) is 10.5. The Morgan fingerprint density at radius 2 is 0.840 bits per heavy atom. The second-order valence-corrected chi connectivity index (χ2v) is 4.42. The Balaban J connectivity index is -0.000000735. The molecule has 0 aromatic heterocycles. The Hall–Kier alpha value is 0.315. The van der Waals surface area contributed by atoms with Crippen LogP contribution < -0.4 is 16.0 Å². The number of carbonyl (C=O) groups excluding carboxylic acids is 3. The molecule has 6 N–H and O–H groups in total. The number of rotatable bonds is 12. The van der Waals surface area contributed by atoms with E-state index in [-0.39, 0.29) is 101 Å². The first kappa shape index (κ1) is 32.9. The summed E-state index contributed by atoms with van der Waals surface area (Å²) >= 11 is 0. The van der Waals surface area contributed by atoms with Crippen molar-refractivity contribution in [3.63, 3.8) is 0 Å². The summed E-state index contributed by atoms with van der Waals surface area (Å²) in [7, 11) is 0. The zero-order valence-corrected chi connectivity index (χ0v) is 22.6. The number of nitrogens with one attached hydrogen (secondary N) is 6. The molecule has 0 saturated heterocycles. The van der Waals surface area contributed by atoms with E-state index >= 15 is 0 Å². The van der Waals surface area contributed by atoms with E-state index in [1.807, 2.05) is 4.90 Å². The summed E-state index contributed by atoms with van der Waals surface area (Å²) < 4.78 is 0. The molecule has 0 saturated carbocycles. The zero-order chi connectivity index (χ0) is 16.8. The van der Waals surface area contributed by atoms with Gasteiger partial charge in [0.1, 0.15) is 0 Å². The standard InChI is InChI=1S/C12H24N7O3.3W/c13-7-10(20)16-1-4-19(5-2-17-11(21)8-14)6-3-18-12(22)9-15;;;/h13-15H,1-9H2,(H,16,20)(H,17,21)(H,18,22);;;/q-3;;;. The van der Waals surface area contributed by atoms with Gasteiger partial charge in [0.05, 0.1) is 0 Å². The van der Waals surface area contributed by atoms with Crippen molar-refractivity contribution < 1.29 is 77.6 Å². The number of hydrogen-bond donors (Lipinski definition) is 3. The van der Waals surface area contributed by atoms with Gasteiger partial charge in [0.15, 0.2) is 17.7 Å². The molecule has 0 heterocycles. The van der Waals surface area contributed by atoms with Crippen molar-refractivity contribution in [2.24, 2.45) is 0 Å². The average Bonchev–Trinajstić information content (AvgIpc) is 2.53. The van der Waals surface area contributed by atoms with Crippen molar-refractivity contribution in [1.29, 1.82) is 0 Å². The summed E-state index contributed by atoms with van der Waals surface area (Å²) in [6, 6.07) is 0. The zero-order valence-electron chi connectivity index (χ0n) is 13.8. The third-order valence-corrected chi connectivity index (χ3v) is 2.73. The molecule has 0 unspecified atom stereocenters. The van der Waals surface area contributed by atoms with Crippen molar-refractivity contribution in [3.05, 3.63) is 17.2 Å². The number of hydrogen-bond acceptors (Lipinski definition) is 4. The summed E-state index contributed by atoms with van der Waals surface area (Å²) in [5.41, 5.74) is 20.7. The summed E-state index contributed by atoms with van der Waals surface area (Å²) in [5, 5.41) is 7.74. The normalized spacial score (nSPS) is 9.12. The maximum absolute atomic E-state index is 11.0. The number of carbonyl (C=O) groups is 3. The Morgan fingerprint density at radius 3 is 1.04 bits per heavy atom. The first-order valence-electron chi connectivity index (χ1n) is 6.99. The quantitative estimate of drug-likeness (QED) is 0.225. The number of nitrogens with zero attached hydrogens (tertiary/aromatic N) is 1. The molecule has 146 valence electrons. The smallest absolute Gasteiger partial charge is 0.199 e. The van der Waals surface area contributed by atoms with Crippen LogP contribution in [0.2, 0.25) is 0 Å². The maximum Gasteiger partial charge on any atom is 0.199 e. The van der Waals surface area contributed by atoms with Gasteiger partial charge in [-0.25, -0.2) is 0 Å². The van der Waals surface area contributed by atoms with E-state index in [1.54, 1.807) is 0 Å². The topological polar surface area (TPSA) is 162 Å². The molecule has 0 bridgehead atoms. The minimum atomic E-state index is -0.357. The maximum atomic E-state index is 11.0. The van der Waals surface area contributed by atoms with Crippen molar-refractivity contribution in [2.45, 2.75) is 0 Å². The van der Waals surface area contributed by atoms with Crippen LogP contribution in [0.15, 0.2) is 0 Å². The minimum absolute atomic E-state index is 0. The molecule has 0 spiro atoms. The van der Waals surface area contributed by atoms with Crippen LogP contribution in [0.25, 0.3) is 17.2 Å². The molecule has 3 amide bonds. The molecule has 0 radical (unpaired) electrons. The van der Waals surface area contributed by atoms with Gasteiger partial charge in [0, 0.05) is 102 Å². The van der Waals surface area contributed by atoms with E-state index in [4.69, 9.17) is 17.2 Å². The van der Waals surface area contributed by atoms with E-state index < -0.39 is 0 Å². The van der Waals surface area contributed by atoms with Crippen LogP contribution in [0.1, 0.15) is 0 Å². The molecule has 0 rings (SSSR count). The summed E-state index contributed by atoms with van der Waals surface area (Å²) in [6.45, 7) is 1.69. The molecule has 0 fully saturated rings. The van der Waals surface area contributed by atoms with Gasteiger partial charge in [0.2, 0.25) is 0 Å². The molecular weight excluding hydrogens is 842 g/mol. The first-order valence-corrected chi connectivity index (χ1v) is 6.99. The van der Waals surface area contributed by atoms with Crippen molar-refractivity contribution >= 4 is 17.7 Å². The predicted molar refractivity (Wildman–Crippen MR) is 83.0 cm³/mol. The van der Waals surface area contributed by atoms with Crippen molar-refractivity contribution in [1.82, 2.24) is 20.9 Å². The molecule has 13 heteroatoms. The second-order valence-electron chi connectivity index (χ2n) is 4.42. The van der Waals surface area contributed by atoms with Crippen LogP contribution in [-0.4, -0.2) is 81.5 Å². The molecule has 0 aliphatic heterocycles. The van der Waals surface area contributed by atoms with Gasteiger partial charge in [0.25, 0.3) is 0 Å². The van der Waals surface area contributed by atoms with Gasteiger partial charge in [-0.3, -0.25) is 19.3 Å². The second kappa shape index (κ2) is 22.4. The Labute approximate surface area is 191 Å². The third kappa shape index (κ3) is 20.5. The third-order valence-electron chi connectivity index (χ3n) is 2.73. The van der Waals surface area contributed by atoms with Gasteiger partial charge in [-0.1, -0.05) is 19.6 Å². The summed E-state index contributed by atoms with van der Waals surface area (Å²) in [4.78, 5) is 34.9. The predicted octanol–water partition coefficient (Wildman–Crippen LogP) is -1.21. The Morgan fingerprint density at radius 1 is 0.600 bits per heavy atom. The van der Waals surface area contributed by atoms with E-state index in [0.29, 0.717) is 39.3 Å². The van der Waals surface area contributed by atoms with Crippen LogP contribution in [0.3, 0.4) is 0 Å². The fourth-order valence-corrected chi connectivity index (χ4v) is 1.58. The van der Waals surface area contributed by atoms with Gasteiger partial charge in [-0.05, 0) is 0 Å². The largest absolute Gasteiger partial charge is 0.670 e. The molecule has 25 heavy (non-hydrogen) atoms. The molecule has 0 aliphatic rings. The molecule has 0 aromatic carbocycles. The van der Waals surface area contributed by atoms with E-state index in [1.165, 1.54) is 0 Å². The van der Waals surface area contributed by atoms with E-state index in [2.05, 4.69) is 16.0 Å². The van der Waals surface area contributed by atoms with Crippen molar-refractivity contribution in [2.75, 3.05) is 58.9 Å².